The molecule has 3 aromatic rings. The Hall–Kier alpha value is -3.28. The second-order valence-electron chi connectivity index (χ2n) is 6.20. The number of carbonyl (C=O) groups excluding carboxylic acids is 1. The van der Waals surface area contributed by atoms with Gasteiger partial charge >= 0.3 is 0 Å². The summed E-state index contributed by atoms with van der Waals surface area (Å²) in [7, 11) is 0. The van der Waals surface area contributed by atoms with Crippen LogP contribution in [0.25, 0.3) is 11.5 Å². The van der Waals surface area contributed by atoms with E-state index in [2.05, 4.69) is 15.2 Å². The standard InChI is InChI=1S/C20H18N4O2/c1-14-7-8-16-18(25)12-15-5-4-6-17(22-15)20-23-21-13-24(20)9-2-3-10-26-19(16)11-14/h2-8,11,13H,9-10,12H2,1H3/b3-2-. The van der Waals surface area contributed by atoms with Crippen LogP contribution in [0.15, 0.2) is 54.9 Å². The molecule has 0 saturated carbocycles. The molecule has 0 aliphatic carbocycles. The molecule has 0 saturated heterocycles. The highest BCUT2D eigenvalue weighted by Crippen LogP contribution is 2.23. The van der Waals surface area contributed by atoms with Crippen molar-refractivity contribution in [3.05, 3.63) is 71.7 Å². The summed E-state index contributed by atoms with van der Waals surface area (Å²) < 4.78 is 7.75. The van der Waals surface area contributed by atoms with Gasteiger partial charge in [-0.3, -0.25) is 4.79 Å². The van der Waals surface area contributed by atoms with Gasteiger partial charge < -0.3 is 9.30 Å². The van der Waals surface area contributed by atoms with Crippen molar-refractivity contribution in [3.8, 4) is 17.3 Å². The molecule has 1 aromatic carbocycles. The number of allylic oxidation sites excluding steroid dienone is 1. The van der Waals surface area contributed by atoms with Crippen molar-refractivity contribution in [1.82, 2.24) is 19.7 Å². The minimum atomic E-state index is -0.0212. The van der Waals surface area contributed by atoms with E-state index in [9.17, 15) is 4.79 Å². The first-order valence-corrected chi connectivity index (χ1v) is 8.46. The minimum Gasteiger partial charge on any atom is -0.489 e. The van der Waals surface area contributed by atoms with E-state index >= 15 is 0 Å². The number of carbonyl (C=O) groups is 1. The van der Waals surface area contributed by atoms with Gasteiger partial charge in [-0.1, -0.05) is 18.2 Å². The average Bonchev–Trinajstić information content (AvgIpc) is 3.09. The number of aromatic nitrogens is 4. The molecule has 3 heterocycles. The van der Waals surface area contributed by atoms with Crippen LogP contribution in [-0.2, 0) is 13.0 Å². The van der Waals surface area contributed by atoms with E-state index in [1.807, 2.05) is 60.0 Å². The Bertz CT molecular complexity index is 991. The maximum atomic E-state index is 12.8. The summed E-state index contributed by atoms with van der Waals surface area (Å²) in [5, 5.41) is 8.15. The predicted molar refractivity (Wildman–Crippen MR) is 97.1 cm³/mol. The number of ketones is 1. The van der Waals surface area contributed by atoms with Crippen molar-refractivity contribution < 1.29 is 9.53 Å². The van der Waals surface area contributed by atoms with Crippen LogP contribution in [0.2, 0.25) is 0 Å². The molecule has 0 fully saturated rings. The minimum absolute atomic E-state index is 0.0212. The van der Waals surface area contributed by atoms with Crippen LogP contribution in [-0.4, -0.2) is 32.1 Å². The lowest BCUT2D eigenvalue weighted by molar-refractivity contribution is 0.0988. The zero-order valence-electron chi connectivity index (χ0n) is 14.4. The lowest BCUT2D eigenvalue weighted by Gasteiger charge is -2.12. The van der Waals surface area contributed by atoms with Crippen molar-refractivity contribution in [2.45, 2.75) is 19.9 Å². The molecule has 1 aliphatic heterocycles. The van der Waals surface area contributed by atoms with Crippen molar-refractivity contribution in [2.24, 2.45) is 0 Å². The van der Waals surface area contributed by atoms with Gasteiger partial charge in [0.05, 0.1) is 12.0 Å². The summed E-state index contributed by atoms with van der Waals surface area (Å²) in [6.07, 6.45) is 5.79. The number of hydrogen-bond donors (Lipinski definition) is 0. The molecule has 6 heteroatoms. The highest BCUT2D eigenvalue weighted by Gasteiger charge is 2.16. The Morgan fingerprint density at radius 2 is 2.08 bits per heavy atom. The molecule has 2 bridgehead atoms. The normalized spacial score (nSPS) is 15.3. The zero-order chi connectivity index (χ0) is 17.9. The number of pyridine rings is 1. The van der Waals surface area contributed by atoms with Crippen LogP contribution >= 0.6 is 0 Å². The molecule has 2 aromatic heterocycles. The van der Waals surface area contributed by atoms with Crippen LogP contribution in [0.5, 0.6) is 5.75 Å². The number of Topliss-reactive ketones (excluding diaryl/α,β-unsaturated/α-hetero) is 1. The number of hydrogen-bond acceptors (Lipinski definition) is 5. The van der Waals surface area contributed by atoms with Crippen molar-refractivity contribution in [2.75, 3.05) is 6.61 Å². The fourth-order valence-corrected chi connectivity index (χ4v) is 2.92. The zero-order valence-corrected chi connectivity index (χ0v) is 14.4. The Balaban J connectivity index is 1.78. The van der Waals surface area contributed by atoms with Crippen molar-refractivity contribution in [3.63, 3.8) is 0 Å². The van der Waals surface area contributed by atoms with Crippen LogP contribution in [0.1, 0.15) is 21.6 Å². The van der Waals surface area contributed by atoms with Gasteiger partial charge in [-0.15, -0.1) is 10.2 Å². The Morgan fingerprint density at radius 1 is 1.15 bits per heavy atom. The molecule has 4 rings (SSSR count). The molecule has 0 unspecified atom stereocenters. The first kappa shape index (κ1) is 16.2. The monoisotopic (exact) mass is 346 g/mol. The Morgan fingerprint density at radius 3 is 3.00 bits per heavy atom. The molecule has 130 valence electrons. The number of benzene rings is 1. The van der Waals surface area contributed by atoms with Crippen LogP contribution in [0.4, 0.5) is 0 Å². The highest BCUT2D eigenvalue weighted by molar-refractivity contribution is 5.99. The third-order valence-corrected chi connectivity index (χ3v) is 4.23. The number of ether oxygens (including phenoxy) is 1. The average molecular weight is 346 g/mol. The Labute approximate surface area is 151 Å². The van der Waals surface area contributed by atoms with E-state index in [4.69, 9.17) is 4.74 Å². The quantitative estimate of drug-likeness (QED) is 0.585. The lowest BCUT2D eigenvalue weighted by atomic mass is 10.0. The molecule has 0 N–H and O–H groups in total. The number of nitrogens with zero attached hydrogens (tertiary/aromatic N) is 4. The molecule has 0 spiro atoms. The summed E-state index contributed by atoms with van der Waals surface area (Å²) >= 11 is 0. The smallest absolute Gasteiger partial charge is 0.182 e. The van der Waals surface area contributed by atoms with E-state index in [0.29, 0.717) is 41.7 Å². The van der Waals surface area contributed by atoms with Crippen LogP contribution < -0.4 is 4.74 Å². The van der Waals surface area contributed by atoms with Gasteiger partial charge in [0.25, 0.3) is 0 Å². The maximum Gasteiger partial charge on any atom is 0.182 e. The fraction of sp³-hybridized carbons (Fsp3) is 0.200. The lowest BCUT2D eigenvalue weighted by Crippen LogP contribution is -2.10. The highest BCUT2D eigenvalue weighted by atomic mass is 16.5. The van der Waals surface area contributed by atoms with Gasteiger partial charge in [0.15, 0.2) is 11.6 Å². The molecule has 0 atom stereocenters. The predicted octanol–water partition coefficient (Wildman–Crippen LogP) is 3.02. The van der Waals surface area contributed by atoms with Crippen LogP contribution in [0, 0.1) is 6.92 Å². The molecule has 6 nitrogen and oxygen atoms in total. The van der Waals surface area contributed by atoms with Gasteiger partial charge in [0.2, 0.25) is 0 Å². The maximum absolute atomic E-state index is 12.8. The van der Waals surface area contributed by atoms with Gasteiger partial charge in [-0.2, -0.15) is 0 Å². The summed E-state index contributed by atoms with van der Waals surface area (Å²) in [6, 6.07) is 11.3. The van der Waals surface area contributed by atoms with Gasteiger partial charge in [-0.25, -0.2) is 4.98 Å². The molecular formula is C20H18N4O2. The van der Waals surface area contributed by atoms with Crippen molar-refractivity contribution in [1.29, 1.82) is 0 Å². The fourth-order valence-electron chi connectivity index (χ4n) is 2.92. The number of aryl methyl sites for hydroxylation is 1. The SMILES string of the molecule is Cc1ccc2c(c1)OC/C=C\Cn1cnnc1-c1cccc(n1)CC2=O. The molecule has 0 amide bonds. The number of fused-ring (bicyclic) bond motifs is 5. The summed E-state index contributed by atoms with van der Waals surface area (Å²) in [6.45, 7) is 3.00. The van der Waals surface area contributed by atoms with Gasteiger partial charge in [0, 0.05) is 12.2 Å². The van der Waals surface area contributed by atoms with Gasteiger partial charge in [0.1, 0.15) is 24.4 Å². The van der Waals surface area contributed by atoms with Crippen LogP contribution in [0.3, 0.4) is 0 Å². The Kier molecular flexibility index (Phi) is 4.31. The largest absolute Gasteiger partial charge is 0.489 e. The molecular weight excluding hydrogens is 328 g/mol. The second-order valence-corrected chi connectivity index (χ2v) is 6.20. The number of rotatable bonds is 0. The van der Waals surface area contributed by atoms with Gasteiger partial charge in [-0.05, 0) is 42.8 Å². The van der Waals surface area contributed by atoms with E-state index in [1.54, 1.807) is 6.33 Å². The first-order valence-electron chi connectivity index (χ1n) is 8.46. The van der Waals surface area contributed by atoms with E-state index in [-0.39, 0.29) is 12.2 Å². The van der Waals surface area contributed by atoms with E-state index in [0.717, 1.165) is 5.56 Å². The first-order chi connectivity index (χ1) is 12.7. The molecule has 26 heavy (non-hydrogen) atoms. The molecule has 1 aliphatic rings. The third kappa shape index (κ3) is 3.26. The summed E-state index contributed by atoms with van der Waals surface area (Å²) in [5.41, 5.74) is 3.03. The summed E-state index contributed by atoms with van der Waals surface area (Å²) in [4.78, 5) is 17.4. The molecule has 0 radical (unpaired) electrons. The summed E-state index contributed by atoms with van der Waals surface area (Å²) in [5.74, 6) is 1.27. The van der Waals surface area contributed by atoms with Crippen molar-refractivity contribution >= 4 is 5.78 Å². The van der Waals surface area contributed by atoms with E-state index in [1.165, 1.54) is 0 Å². The topological polar surface area (TPSA) is 69.9 Å². The second kappa shape index (κ2) is 6.92. The van der Waals surface area contributed by atoms with E-state index < -0.39 is 0 Å². The third-order valence-electron chi connectivity index (χ3n) is 4.23.